The van der Waals surface area contributed by atoms with E-state index in [1.165, 1.54) is 11.1 Å². The quantitative estimate of drug-likeness (QED) is 0.476. The topological polar surface area (TPSA) is 74.6 Å². The first-order valence-electron chi connectivity index (χ1n) is 12.9. The second-order valence-electron chi connectivity index (χ2n) is 11.5. The van der Waals surface area contributed by atoms with Crippen LogP contribution in [0.5, 0.6) is 0 Å². The van der Waals surface area contributed by atoms with Crippen LogP contribution in [-0.4, -0.2) is 34.0 Å². The summed E-state index contributed by atoms with van der Waals surface area (Å²) in [6.07, 6.45) is 9.76. The molecular weight excluding hydrogens is 412 g/mol. The van der Waals surface area contributed by atoms with Crippen molar-refractivity contribution in [2.75, 3.05) is 6.61 Å². The number of hydrogen-bond acceptors (Lipinski definition) is 4. The van der Waals surface area contributed by atoms with Gasteiger partial charge in [-0.1, -0.05) is 42.8 Å². The number of rotatable bonds is 5. The Morgan fingerprint density at radius 3 is 2.58 bits per heavy atom. The summed E-state index contributed by atoms with van der Waals surface area (Å²) in [6.45, 7) is 3.97. The Bertz CT molecular complexity index is 962. The summed E-state index contributed by atoms with van der Waals surface area (Å²) < 4.78 is 0. The largest absolute Gasteiger partial charge is 0.396 e. The van der Waals surface area contributed by atoms with E-state index in [1.807, 2.05) is 12.1 Å². The molecule has 0 amide bonds. The molecule has 0 heterocycles. The Morgan fingerprint density at radius 1 is 1.12 bits per heavy atom. The van der Waals surface area contributed by atoms with Gasteiger partial charge in [0.25, 0.3) is 0 Å². The van der Waals surface area contributed by atoms with E-state index in [1.54, 1.807) is 6.92 Å². The van der Waals surface area contributed by atoms with Crippen LogP contribution in [0.3, 0.4) is 0 Å². The average Bonchev–Trinajstić information content (AvgIpc) is 3.07. The maximum absolute atomic E-state index is 12.3. The van der Waals surface area contributed by atoms with Gasteiger partial charge in [-0.25, -0.2) is 0 Å². The highest BCUT2D eigenvalue weighted by Gasteiger charge is 2.61. The minimum atomic E-state index is -0.813. The van der Waals surface area contributed by atoms with Crippen molar-refractivity contribution in [3.05, 3.63) is 47.0 Å². The molecule has 4 heteroatoms. The molecule has 4 aliphatic carbocycles. The lowest BCUT2D eigenvalue weighted by molar-refractivity contribution is -0.127. The third kappa shape index (κ3) is 3.65. The summed E-state index contributed by atoms with van der Waals surface area (Å²) in [5.41, 5.74) is 2.34. The van der Waals surface area contributed by atoms with Crippen LogP contribution in [0.25, 0.3) is 0 Å². The molecule has 178 valence electrons. The van der Waals surface area contributed by atoms with Gasteiger partial charge in [-0.3, -0.25) is 9.59 Å². The highest BCUT2D eigenvalue weighted by molar-refractivity contribution is 5.94. The Hall–Kier alpha value is -1.78. The normalized spacial score (nSPS) is 39.9. The van der Waals surface area contributed by atoms with E-state index >= 15 is 0 Å². The molecule has 1 aromatic carbocycles. The van der Waals surface area contributed by atoms with Gasteiger partial charge in [0.05, 0.1) is 5.60 Å². The Labute approximate surface area is 197 Å². The fourth-order valence-corrected chi connectivity index (χ4v) is 8.26. The lowest BCUT2D eigenvalue weighted by Gasteiger charge is -2.58. The van der Waals surface area contributed by atoms with E-state index < -0.39 is 5.60 Å². The number of ketones is 2. The summed E-state index contributed by atoms with van der Waals surface area (Å²) in [7, 11) is 0. The van der Waals surface area contributed by atoms with Crippen molar-refractivity contribution >= 4 is 11.6 Å². The van der Waals surface area contributed by atoms with E-state index in [0.29, 0.717) is 61.1 Å². The van der Waals surface area contributed by atoms with Gasteiger partial charge in [-0.05, 0) is 87.0 Å². The van der Waals surface area contributed by atoms with E-state index in [2.05, 4.69) is 25.1 Å². The SMILES string of the molecule is CC(=O)c1ccc([C@H]2C[C@@]3(C)C(=CC[C@]3(O)CCCO)[C@@H]3CCC4CC(=O)CC[C@@H]4[C@@H]23)cc1. The van der Waals surface area contributed by atoms with Crippen molar-refractivity contribution in [1.29, 1.82) is 0 Å². The molecule has 3 saturated carbocycles. The summed E-state index contributed by atoms with van der Waals surface area (Å²) in [4.78, 5) is 24.1. The molecule has 0 bridgehead atoms. The zero-order chi connectivity index (χ0) is 23.4. The number of fused-ring (bicyclic) bond motifs is 5. The summed E-state index contributed by atoms with van der Waals surface area (Å²) >= 11 is 0. The van der Waals surface area contributed by atoms with Crippen LogP contribution in [0.2, 0.25) is 0 Å². The number of hydrogen-bond donors (Lipinski definition) is 2. The first-order chi connectivity index (χ1) is 15.8. The number of carbonyl (C=O) groups excluding carboxylic acids is 2. The summed E-state index contributed by atoms with van der Waals surface area (Å²) in [5, 5.41) is 21.3. The smallest absolute Gasteiger partial charge is 0.159 e. The van der Waals surface area contributed by atoms with Crippen LogP contribution in [0.15, 0.2) is 35.9 Å². The maximum atomic E-state index is 12.3. The van der Waals surface area contributed by atoms with Gasteiger partial charge >= 0.3 is 0 Å². The fourth-order valence-electron chi connectivity index (χ4n) is 8.26. The first-order valence-corrected chi connectivity index (χ1v) is 12.9. The van der Waals surface area contributed by atoms with Crippen molar-refractivity contribution in [2.45, 2.75) is 83.2 Å². The van der Waals surface area contributed by atoms with Crippen LogP contribution in [0, 0.1) is 29.1 Å². The van der Waals surface area contributed by atoms with E-state index in [9.17, 15) is 19.8 Å². The lowest BCUT2D eigenvalue weighted by Crippen LogP contribution is -2.54. The predicted octanol–water partition coefficient (Wildman–Crippen LogP) is 5.23. The first kappa shape index (κ1) is 23.0. The van der Waals surface area contributed by atoms with Gasteiger partial charge in [0, 0.05) is 30.4 Å². The van der Waals surface area contributed by atoms with Crippen LogP contribution in [0.1, 0.15) is 93.5 Å². The second kappa shape index (κ2) is 8.46. The van der Waals surface area contributed by atoms with Gasteiger partial charge < -0.3 is 10.2 Å². The monoisotopic (exact) mass is 450 g/mol. The van der Waals surface area contributed by atoms with Gasteiger partial charge in [0.2, 0.25) is 0 Å². The molecule has 3 fully saturated rings. The maximum Gasteiger partial charge on any atom is 0.159 e. The number of benzene rings is 1. The summed E-state index contributed by atoms with van der Waals surface area (Å²) in [6, 6.07) is 8.18. The van der Waals surface area contributed by atoms with Crippen molar-refractivity contribution in [3.63, 3.8) is 0 Å². The number of Topliss-reactive ketones (excluding diaryl/α,β-unsaturated/α-hetero) is 2. The molecule has 1 unspecified atom stereocenters. The Morgan fingerprint density at radius 2 is 1.88 bits per heavy atom. The molecule has 5 rings (SSSR count). The Balaban J connectivity index is 1.56. The molecule has 33 heavy (non-hydrogen) atoms. The highest BCUT2D eigenvalue weighted by Crippen LogP contribution is 2.67. The number of aliphatic hydroxyl groups is 2. The fraction of sp³-hybridized carbons (Fsp3) is 0.655. The van der Waals surface area contributed by atoms with Crippen molar-refractivity contribution in [2.24, 2.45) is 29.1 Å². The zero-order valence-electron chi connectivity index (χ0n) is 20.1. The van der Waals surface area contributed by atoms with Gasteiger partial charge in [-0.15, -0.1) is 0 Å². The molecule has 0 radical (unpaired) electrons. The third-order valence-corrected chi connectivity index (χ3v) is 9.97. The van der Waals surface area contributed by atoms with Gasteiger partial charge in [0.15, 0.2) is 5.78 Å². The second-order valence-corrected chi connectivity index (χ2v) is 11.5. The minimum Gasteiger partial charge on any atom is -0.396 e. The van der Waals surface area contributed by atoms with E-state index in [0.717, 1.165) is 37.7 Å². The van der Waals surface area contributed by atoms with Gasteiger partial charge in [0.1, 0.15) is 5.78 Å². The van der Waals surface area contributed by atoms with E-state index in [4.69, 9.17) is 0 Å². The molecular formula is C29H38O4. The van der Waals surface area contributed by atoms with Crippen molar-refractivity contribution < 1.29 is 19.8 Å². The number of carbonyl (C=O) groups is 2. The molecule has 2 N–H and O–H groups in total. The molecule has 0 saturated heterocycles. The van der Waals surface area contributed by atoms with Crippen LogP contribution >= 0.6 is 0 Å². The standard InChI is InChI=1S/C29H38O4/c1-18(31)19-4-6-20(7-5-19)25-17-28(2)26(12-14-29(28,33)13-3-15-30)24-10-8-21-16-22(32)9-11-23(21)27(24)25/h4-7,12,21,23-25,27,30,33H,3,8-11,13-17H2,1-2H3/t21?,23-,24-,25+,27+,28-,29+/m0/s1. The highest BCUT2D eigenvalue weighted by atomic mass is 16.3. The van der Waals surface area contributed by atoms with Crippen LogP contribution in [0.4, 0.5) is 0 Å². The molecule has 4 aliphatic rings. The average molecular weight is 451 g/mol. The lowest BCUT2D eigenvalue weighted by atomic mass is 9.46. The van der Waals surface area contributed by atoms with Crippen molar-refractivity contribution in [3.8, 4) is 0 Å². The zero-order valence-corrected chi connectivity index (χ0v) is 20.1. The molecule has 0 aliphatic heterocycles. The molecule has 4 nitrogen and oxygen atoms in total. The van der Waals surface area contributed by atoms with Crippen molar-refractivity contribution in [1.82, 2.24) is 0 Å². The molecule has 0 aromatic heterocycles. The van der Waals surface area contributed by atoms with Crippen LogP contribution in [-0.2, 0) is 4.79 Å². The third-order valence-electron chi connectivity index (χ3n) is 9.97. The Kier molecular flexibility index (Phi) is 5.89. The summed E-state index contributed by atoms with van der Waals surface area (Å²) in [5.74, 6) is 2.78. The molecule has 0 spiro atoms. The van der Waals surface area contributed by atoms with E-state index in [-0.39, 0.29) is 17.8 Å². The predicted molar refractivity (Wildman–Crippen MR) is 128 cm³/mol. The van der Waals surface area contributed by atoms with Gasteiger partial charge in [-0.2, -0.15) is 0 Å². The minimum absolute atomic E-state index is 0.0814. The van der Waals surface area contributed by atoms with Crippen LogP contribution < -0.4 is 0 Å². The number of aliphatic hydroxyl groups excluding tert-OH is 1. The molecule has 7 atom stereocenters. The molecule has 1 aromatic rings.